The Morgan fingerprint density at radius 3 is 2.61 bits per heavy atom. The lowest BCUT2D eigenvalue weighted by Gasteiger charge is -2.06. The number of alkyl halides is 3. The molecule has 0 unspecified atom stereocenters. The van der Waals surface area contributed by atoms with Crippen molar-refractivity contribution in [3.05, 3.63) is 23.8 Å². The highest BCUT2D eigenvalue weighted by Gasteiger charge is 2.31. The second-order valence-corrected chi connectivity index (χ2v) is 3.52. The van der Waals surface area contributed by atoms with Crippen LogP contribution in [0.4, 0.5) is 23.8 Å². The highest BCUT2D eigenvalue weighted by molar-refractivity contribution is 5.95. The van der Waals surface area contributed by atoms with Crippen molar-refractivity contribution in [2.45, 2.75) is 6.18 Å². The molecule has 5 nitrogen and oxygen atoms in total. The van der Waals surface area contributed by atoms with Crippen molar-refractivity contribution in [1.29, 1.82) is 0 Å². The van der Waals surface area contributed by atoms with Crippen LogP contribution >= 0.6 is 0 Å². The lowest BCUT2D eigenvalue weighted by atomic mass is 10.1. The summed E-state index contributed by atoms with van der Waals surface area (Å²) in [6.07, 6.45) is -5.84. The zero-order valence-corrected chi connectivity index (χ0v) is 9.12. The van der Waals surface area contributed by atoms with Crippen LogP contribution in [0.1, 0.15) is 5.56 Å². The molecule has 0 aliphatic carbocycles. The van der Waals surface area contributed by atoms with Gasteiger partial charge in [-0.1, -0.05) is 0 Å². The third-order valence-electron chi connectivity index (χ3n) is 2.43. The van der Waals surface area contributed by atoms with Crippen LogP contribution in [0.15, 0.2) is 18.2 Å². The molecule has 0 bridgehead atoms. The van der Waals surface area contributed by atoms with E-state index >= 15 is 0 Å². The van der Waals surface area contributed by atoms with E-state index in [9.17, 15) is 18.0 Å². The van der Waals surface area contributed by atoms with Gasteiger partial charge in [-0.25, -0.2) is 4.79 Å². The Morgan fingerprint density at radius 1 is 1.44 bits per heavy atom. The smallest absolute Gasteiger partial charge is 0.432 e. The SMILES string of the molecule is CNc1nn(C(=O)O)c2ccc(C(F)(F)F)cc12. The van der Waals surface area contributed by atoms with Crippen LogP contribution in [0.5, 0.6) is 0 Å². The van der Waals surface area contributed by atoms with Gasteiger partial charge in [0.15, 0.2) is 5.82 Å². The summed E-state index contributed by atoms with van der Waals surface area (Å²) >= 11 is 0. The molecule has 0 aliphatic rings. The van der Waals surface area contributed by atoms with E-state index in [1.54, 1.807) is 0 Å². The molecule has 0 aliphatic heterocycles. The Hall–Kier alpha value is -2.25. The van der Waals surface area contributed by atoms with Crippen LogP contribution in [-0.4, -0.2) is 28.0 Å². The third-order valence-corrected chi connectivity index (χ3v) is 2.43. The van der Waals surface area contributed by atoms with E-state index in [0.717, 1.165) is 18.2 Å². The van der Waals surface area contributed by atoms with Crippen LogP contribution in [-0.2, 0) is 6.18 Å². The van der Waals surface area contributed by atoms with E-state index in [2.05, 4.69) is 10.4 Å². The van der Waals surface area contributed by atoms with Gasteiger partial charge in [-0.15, -0.1) is 5.10 Å². The van der Waals surface area contributed by atoms with Crippen molar-refractivity contribution in [3.8, 4) is 0 Å². The first-order valence-corrected chi connectivity index (χ1v) is 4.85. The number of halogens is 3. The summed E-state index contributed by atoms with van der Waals surface area (Å²) in [5, 5.41) is 15.2. The average Bonchev–Trinajstić information content (AvgIpc) is 2.65. The van der Waals surface area contributed by atoms with Gasteiger partial charge in [-0.05, 0) is 18.2 Å². The van der Waals surface area contributed by atoms with Gasteiger partial charge in [0.2, 0.25) is 0 Å². The Morgan fingerprint density at radius 2 is 2.11 bits per heavy atom. The first-order chi connectivity index (χ1) is 8.34. The molecule has 1 aromatic carbocycles. The molecule has 18 heavy (non-hydrogen) atoms. The molecule has 0 saturated heterocycles. The van der Waals surface area contributed by atoms with E-state index in [-0.39, 0.29) is 16.7 Å². The summed E-state index contributed by atoms with van der Waals surface area (Å²) in [7, 11) is 1.45. The number of fused-ring (bicyclic) bond motifs is 1. The quantitative estimate of drug-likeness (QED) is 0.826. The van der Waals surface area contributed by atoms with Gasteiger partial charge in [0, 0.05) is 12.4 Å². The number of anilines is 1. The van der Waals surface area contributed by atoms with Crippen LogP contribution in [0.2, 0.25) is 0 Å². The fraction of sp³-hybridized carbons (Fsp3) is 0.200. The Labute approximate surface area is 98.8 Å². The predicted molar refractivity (Wildman–Crippen MR) is 57.7 cm³/mol. The average molecular weight is 259 g/mol. The van der Waals surface area contributed by atoms with E-state index in [1.165, 1.54) is 7.05 Å². The summed E-state index contributed by atoms with van der Waals surface area (Å²) in [5.74, 6) is 0.0819. The minimum Gasteiger partial charge on any atom is -0.463 e. The molecule has 0 spiro atoms. The molecule has 0 radical (unpaired) electrons. The molecule has 2 aromatic rings. The number of carbonyl (C=O) groups is 1. The first kappa shape index (κ1) is 12.2. The lowest BCUT2D eigenvalue weighted by Crippen LogP contribution is -2.10. The maximum absolute atomic E-state index is 12.6. The molecular formula is C10H8F3N3O2. The normalized spacial score (nSPS) is 11.8. The summed E-state index contributed by atoms with van der Waals surface area (Å²) < 4.78 is 38.3. The Kier molecular flexibility index (Phi) is 2.64. The van der Waals surface area contributed by atoms with Crippen LogP contribution in [0.25, 0.3) is 10.9 Å². The number of rotatable bonds is 1. The first-order valence-electron chi connectivity index (χ1n) is 4.85. The predicted octanol–water partition coefficient (Wildman–Crippen LogP) is 2.62. The van der Waals surface area contributed by atoms with Gasteiger partial charge in [-0.2, -0.15) is 17.9 Å². The Balaban J connectivity index is 2.73. The molecule has 0 atom stereocenters. The highest BCUT2D eigenvalue weighted by Crippen LogP contribution is 2.33. The fourth-order valence-corrected chi connectivity index (χ4v) is 1.62. The Bertz CT molecular complexity index is 619. The topological polar surface area (TPSA) is 67.2 Å². The van der Waals surface area contributed by atoms with E-state index in [0.29, 0.717) is 4.68 Å². The van der Waals surface area contributed by atoms with Gasteiger partial charge < -0.3 is 10.4 Å². The number of nitrogens with one attached hydrogen (secondary N) is 1. The number of benzene rings is 1. The largest absolute Gasteiger partial charge is 0.463 e. The molecule has 0 saturated carbocycles. The monoisotopic (exact) mass is 259 g/mol. The minimum atomic E-state index is -4.48. The number of aromatic nitrogens is 2. The van der Waals surface area contributed by atoms with E-state index in [4.69, 9.17) is 5.11 Å². The molecule has 2 N–H and O–H groups in total. The minimum absolute atomic E-state index is 0.0819. The number of nitrogens with zero attached hydrogens (tertiary/aromatic N) is 2. The summed E-state index contributed by atoms with van der Waals surface area (Å²) in [6, 6.07) is 2.77. The van der Waals surface area contributed by atoms with Crippen LogP contribution in [0.3, 0.4) is 0 Å². The molecular weight excluding hydrogens is 251 g/mol. The third kappa shape index (κ3) is 1.85. The van der Waals surface area contributed by atoms with Crippen molar-refractivity contribution >= 4 is 22.8 Å². The number of carboxylic acid groups (broad SMARTS) is 1. The van der Waals surface area contributed by atoms with Crippen molar-refractivity contribution in [2.75, 3.05) is 12.4 Å². The molecule has 1 aromatic heterocycles. The van der Waals surface area contributed by atoms with Crippen molar-refractivity contribution in [2.24, 2.45) is 0 Å². The van der Waals surface area contributed by atoms with Crippen LogP contribution < -0.4 is 5.32 Å². The molecule has 0 fully saturated rings. The number of hydrogen-bond acceptors (Lipinski definition) is 3. The highest BCUT2D eigenvalue weighted by atomic mass is 19.4. The lowest BCUT2D eigenvalue weighted by molar-refractivity contribution is -0.137. The van der Waals surface area contributed by atoms with Gasteiger partial charge in [0.1, 0.15) is 0 Å². The second kappa shape index (κ2) is 3.90. The second-order valence-electron chi connectivity index (χ2n) is 3.52. The molecule has 2 rings (SSSR count). The zero-order valence-electron chi connectivity index (χ0n) is 9.12. The van der Waals surface area contributed by atoms with Crippen molar-refractivity contribution in [3.63, 3.8) is 0 Å². The standard InChI is InChI=1S/C10H8F3N3O2/c1-14-8-6-4-5(10(11,12)13)2-3-7(6)16(15-8)9(17)18/h2-4H,1H3,(H,14,15)(H,17,18). The zero-order chi connectivity index (χ0) is 13.5. The van der Waals surface area contributed by atoms with Gasteiger partial charge in [0.05, 0.1) is 11.1 Å². The van der Waals surface area contributed by atoms with Crippen molar-refractivity contribution < 1.29 is 23.1 Å². The van der Waals surface area contributed by atoms with Gasteiger partial charge in [0.25, 0.3) is 0 Å². The molecule has 8 heteroatoms. The maximum Gasteiger partial charge on any atom is 0.432 e. The van der Waals surface area contributed by atoms with Gasteiger partial charge in [-0.3, -0.25) is 0 Å². The molecule has 96 valence electrons. The van der Waals surface area contributed by atoms with E-state index in [1.807, 2.05) is 0 Å². The summed E-state index contributed by atoms with van der Waals surface area (Å²) in [5.41, 5.74) is -0.753. The van der Waals surface area contributed by atoms with E-state index < -0.39 is 17.8 Å². The van der Waals surface area contributed by atoms with Crippen LogP contribution in [0, 0.1) is 0 Å². The van der Waals surface area contributed by atoms with Gasteiger partial charge >= 0.3 is 12.3 Å². The maximum atomic E-state index is 12.6. The fourth-order valence-electron chi connectivity index (χ4n) is 1.62. The molecule has 1 heterocycles. The van der Waals surface area contributed by atoms with Crippen molar-refractivity contribution in [1.82, 2.24) is 9.78 Å². The summed E-state index contributed by atoms with van der Waals surface area (Å²) in [4.78, 5) is 10.9. The number of hydrogen-bond donors (Lipinski definition) is 2. The summed E-state index contributed by atoms with van der Waals surface area (Å²) in [6.45, 7) is 0. The molecule has 0 amide bonds.